The van der Waals surface area contributed by atoms with Gasteiger partial charge in [0.2, 0.25) is 5.76 Å². The molecule has 0 radical (unpaired) electrons. The van der Waals surface area contributed by atoms with Crippen LogP contribution in [-0.4, -0.2) is 24.5 Å². The maximum atomic E-state index is 13.5. The molecule has 5 rings (SSSR count). The van der Waals surface area contributed by atoms with Gasteiger partial charge in [0.25, 0.3) is 5.91 Å². The largest absolute Gasteiger partial charge is 0.497 e. The lowest BCUT2D eigenvalue weighted by molar-refractivity contribution is 0.0730. The highest BCUT2D eigenvalue weighted by molar-refractivity contribution is 6.31. The molecule has 1 aliphatic rings. The number of carbonyl (C=O) groups is 1. The van der Waals surface area contributed by atoms with Crippen molar-refractivity contribution >= 4 is 40.1 Å². The quantitative estimate of drug-likeness (QED) is 0.357. The lowest BCUT2D eigenvalue weighted by atomic mass is 9.98. The number of halogens is 2. The van der Waals surface area contributed by atoms with Gasteiger partial charge in [-0.3, -0.25) is 9.59 Å². The lowest BCUT2D eigenvalue weighted by Gasteiger charge is -2.25. The van der Waals surface area contributed by atoms with Crippen molar-refractivity contribution in [3.8, 4) is 5.75 Å². The number of rotatable bonds is 5. The molecular weight excluding hydrogens is 461 g/mol. The summed E-state index contributed by atoms with van der Waals surface area (Å²) in [6.07, 6.45) is 0.605. The molecule has 1 aromatic heterocycles. The van der Waals surface area contributed by atoms with Crippen LogP contribution in [0, 0.1) is 0 Å². The molecule has 5 nitrogen and oxygen atoms in total. The van der Waals surface area contributed by atoms with Gasteiger partial charge in [-0.15, -0.1) is 0 Å². The van der Waals surface area contributed by atoms with Crippen molar-refractivity contribution in [2.75, 3.05) is 13.7 Å². The summed E-state index contributed by atoms with van der Waals surface area (Å²) in [5, 5.41) is 1.36. The Morgan fingerprint density at radius 3 is 2.33 bits per heavy atom. The fraction of sp³-hybridized carbons (Fsp3) is 0.154. The second-order valence-electron chi connectivity index (χ2n) is 7.87. The van der Waals surface area contributed by atoms with Gasteiger partial charge in [-0.1, -0.05) is 47.5 Å². The van der Waals surface area contributed by atoms with Crippen LogP contribution >= 0.6 is 23.2 Å². The number of carbonyl (C=O) groups excluding carboxylic acids is 1. The molecule has 1 unspecified atom stereocenters. The monoisotopic (exact) mass is 479 g/mol. The first kappa shape index (κ1) is 21.6. The summed E-state index contributed by atoms with van der Waals surface area (Å²) in [5.74, 6) is 0.527. The molecule has 33 heavy (non-hydrogen) atoms. The van der Waals surface area contributed by atoms with Crippen LogP contribution in [0.2, 0.25) is 10.0 Å². The van der Waals surface area contributed by atoms with Gasteiger partial charge < -0.3 is 14.1 Å². The summed E-state index contributed by atoms with van der Waals surface area (Å²) in [6, 6.07) is 19.1. The number of fused-ring (bicyclic) bond motifs is 2. The molecule has 0 saturated heterocycles. The topological polar surface area (TPSA) is 59.8 Å². The van der Waals surface area contributed by atoms with Crippen LogP contribution in [-0.2, 0) is 6.42 Å². The molecule has 4 aromatic rings. The van der Waals surface area contributed by atoms with Crippen molar-refractivity contribution in [1.29, 1.82) is 0 Å². The third-order valence-corrected chi connectivity index (χ3v) is 6.40. The number of hydrogen-bond acceptors (Lipinski definition) is 4. The second-order valence-corrected chi connectivity index (χ2v) is 8.74. The first-order valence-corrected chi connectivity index (χ1v) is 11.2. The van der Waals surface area contributed by atoms with E-state index in [4.69, 9.17) is 32.4 Å². The van der Waals surface area contributed by atoms with Crippen molar-refractivity contribution < 1.29 is 13.9 Å². The molecule has 3 aromatic carbocycles. The maximum Gasteiger partial charge on any atom is 0.290 e. The highest BCUT2D eigenvalue weighted by Crippen LogP contribution is 2.38. The fourth-order valence-corrected chi connectivity index (χ4v) is 4.55. The van der Waals surface area contributed by atoms with Crippen LogP contribution in [0.1, 0.15) is 33.3 Å². The highest BCUT2D eigenvalue weighted by atomic mass is 35.5. The predicted octanol–water partition coefficient (Wildman–Crippen LogP) is 5.90. The third-order valence-electron chi connectivity index (χ3n) is 5.91. The summed E-state index contributed by atoms with van der Waals surface area (Å²) in [4.78, 5) is 28.7. The van der Waals surface area contributed by atoms with Gasteiger partial charge in [-0.25, -0.2) is 0 Å². The first-order valence-electron chi connectivity index (χ1n) is 10.4. The normalized spacial score (nSPS) is 15.2. The van der Waals surface area contributed by atoms with E-state index in [0.29, 0.717) is 39.5 Å². The average molecular weight is 480 g/mol. The summed E-state index contributed by atoms with van der Waals surface area (Å²) >= 11 is 12.2. The van der Waals surface area contributed by atoms with Crippen LogP contribution in [0.25, 0.3) is 11.0 Å². The second kappa shape index (κ2) is 8.58. The van der Waals surface area contributed by atoms with E-state index in [9.17, 15) is 9.59 Å². The number of amides is 1. The Morgan fingerprint density at radius 1 is 0.939 bits per heavy atom. The number of methoxy groups -OCH3 is 1. The van der Waals surface area contributed by atoms with Gasteiger partial charge in [0, 0.05) is 16.6 Å². The zero-order valence-corrected chi connectivity index (χ0v) is 19.2. The standard InChI is InChI=1S/C26H19Cl2NO4/c1-32-19-9-2-15(3-10-19)12-13-29-23(16-4-6-17(27)7-5-16)22-24(30)20-14-18(28)8-11-21(20)33-25(22)26(29)31/h2-11,14,23H,12-13H2,1H3. The number of ether oxygens (including phenoxy) is 1. The number of nitrogens with zero attached hydrogens (tertiary/aromatic N) is 1. The van der Waals surface area contributed by atoms with Crippen LogP contribution in [0.5, 0.6) is 5.75 Å². The van der Waals surface area contributed by atoms with Gasteiger partial charge >= 0.3 is 0 Å². The molecular formula is C26H19Cl2NO4. The summed E-state index contributed by atoms with van der Waals surface area (Å²) in [7, 11) is 1.62. The lowest BCUT2D eigenvalue weighted by Crippen LogP contribution is -2.31. The molecule has 0 saturated carbocycles. The Labute approximate surface area is 200 Å². The Bertz CT molecular complexity index is 1410. The van der Waals surface area contributed by atoms with Crippen molar-refractivity contribution in [2.24, 2.45) is 0 Å². The van der Waals surface area contributed by atoms with E-state index in [-0.39, 0.29) is 17.1 Å². The number of benzene rings is 3. The minimum absolute atomic E-state index is 0.0736. The maximum absolute atomic E-state index is 13.5. The molecule has 0 fully saturated rings. The molecule has 1 amide bonds. The van der Waals surface area contributed by atoms with E-state index >= 15 is 0 Å². The molecule has 2 heterocycles. The van der Waals surface area contributed by atoms with E-state index in [1.54, 1.807) is 42.3 Å². The fourth-order valence-electron chi connectivity index (χ4n) is 4.26. The zero-order valence-electron chi connectivity index (χ0n) is 17.7. The summed E-state index contributed by atoms with van der Waals surface area (Å²) < 4.78 is 11.2. The molecule has 1 atom stereocenters. The SMILES string of the molecule is COc1ccc(CCN2C(=O)c3oc4ccc(Cl)cc4c(=O)c3C2c2ccc(Cl)cc2)cc1. The van der Waals surface area contributed by atoms with E-state index in [1.807, 2.05) is 36.4 Å². The van der Waals surface area contributed by atoms with E-state index in [2.05, 4.69) is 0 Å². The van der Waals surface area contributed by atoms with Gasteiger partial charge in [-0.05, 0) is 60.0 Å². The summed E-state index contributed by atoms with van der Waals surface area (Å²) in [5.41, 5.74) is 2.24. The average Bonchev–Trinajstić information content (AvgIpc) is 3.11. The minimum atomic E-state index is -0.581. The van der Waals surface area contributed by atoms with Crippen LogP contribution < -0.4 is 10.2 Å². The van der Waals surface area contributed by atoms with Crippen LogP contribution in [0.3, 0.4) is 0 Å². The van der Waals surface area contributed by atoms with Crippen LogP contribution in [0.15, 0.2) is 75.9 Å². The van der Waals surface area contributed by atoms with E-state index < -0.39 is 6.04 Å². The Balaban J connectivity index is 1.60. The Kier molecular flexibility index (Phi) is 5.60. The zero-order chi connectivity index (χ0) is 23.1. The molecule has 0 N–H and O–H groups in total. The number of hydrogen-bond donors (Lipinski definition) is 0. The molecule has 166 valence electrons. The van der Waals surface area contributed by atoms with Gasteiger partial charge in [0.05, 0.1) is 24.1 Å². The van der Waals surface area contributed by atoms with Gasteiger partial charge in [0.15, 0.2) is 5.43 Å². The molecule has 0 spiro atoms. The van der Waals surface area contributed by atoms with Crippen molar-refractivity contribution in [3.63, 3.8) is 0 Å². The molecule has 0 bridgehead atoms. The van der Waals surface area contributed by atoms with Gasteiger partial charge in [0.1, 0.15) is 11.3 Å². The molecule has 0 aliphatic carbocycles. The van der Waals surface area contributed by atoms with Crippen molar-refractivity contribution in [2.45, 2.75) is 12.5 Å². The first-order chi connectivity index (χ1) is 16.0. The third kappa shape index (κ3) is 3.88. The predicted molar refractivity (Wildman–Crippen MR) is 129 cm³/mol. The smallest absolute Gasteiger partial charge is 0.290 e. The molecule has 7 heteroatoms. The highest BCUT2D eigenvalue weighted by Gasteiger charge is 2.42. The van der Waals surface area contributed by atoms with E-state index in [1.165, 1.54) is 0 Å². The van der Waals surface area contributed by atoms with Crippen molar-refractivity contribution in [3.05, 3.63) is 109 Å². The summed E-state index contributed by atoms with van der Waals surface area (Å²) in [6.45, 7) is 0.402. The van der Waals surface area contributed by atoms with Crippen LogP contribution in [0.4, 0.5) is 0 Å². The Morgan fingerprint density at radius 2 is 1.64 bits per heavy atom. The van der Waals surface area contributed by atoms with Crippen molar-refractivity contribution in [1.82, 2.24) is 4.90 Å². The Hall–Kier alpha value is -3.28. The van der Waals surface area contributed by atoms with E-state index in [0.717, 1.165) is 16.9 Å². The minimum Gasteiger partial charge on any atom is -0.497 e. The molecule has 1 aliphatic heterocycles. The van der Waals surface area contributed by atoms with Gasteiger partial charge in [-0.2, -0.15) is 0 Å².